The van der Waals surface area contributed by atoms with Crippen molar-refractivity contribution in [1.82, 2.24) is 0 Å². The van der Waals surface area contributed by atoms with Gasteiger partial charge < -0.3 is 20.3 Å². The summed E-state index contributed by atoms with van der Waals surface area (Å²) in [5, 5.41) is 9.53. The zero-order valence-electron chi connectivity index (χ0n) is 7.69. The van der Waals surface area contributed by atoms with Crippen LogP contribution in [0.4, 0.5) is 0 Å². The second-order valence-corrected chi connectivity index (χ2v) is 4.54. The summed E-state index contributed by atoms with van der Waals surface area (Å²) in [6, 6.07) is 0. The molecule has 4 heteroatoms. The summed E-state index contributed by atoms with van der Waals surface area (Å²) in [6.45, 7) is 1.92. The second kappa shape index (κ2) is 2.08. The lowest BCUT2D eigenvalue weighted by Crippen LogP contribution is -2.56. The van der Waals surface area contributed by atoms with Gasteiger partial charge in [0.1, 0.15) is 11.8 Å². The highest BCUT2D eigenvalue weighted by Crippen LogP contribution is 2.60. The third-order valence-corrected chi connectivity index (χ3v) is 3.78. The summed E-state index contributed by atoms with van der Waals surface area (Å²) >= 11 is 0. The lowest BCUT2D eigenvalue weighted by molar-refractivity contribution is -0.222. The minimum atomic E-state index is -0.924. The topological polar surface area (TPSA) is 64.7 Å². The van der Waals surface area contributed by atoms with E-state index in [2.05, 4.69) is 0 Å². The minimum Gasteiger partial charge on any atom is -0.376 e. The van der Waals surface area contributed by atoms with Gasteiger partial charge in [0.2, 0.25) is 0 Å². The van der Waals surface area contributed by atoms with Crippen LogP contribution in [0.3, 0.4) is 0 Å². The van der Waals surface area contributed by atoms with E-state index >= 15 is 0 Å². The van der Waals surface area contributed by atoms with Crippen LogP contribution >= 0.6 is 0 Å². The first-order chi connectivity index (χ1) is 6.09. The van der Waals surface area contributed by atoms with Crippen LogP contribution in [-0.2, 0) is 9.47 Å². The van der Waals surface area contributed by atoms with Gasteiger partial charge in [0.15, 0.2) is 0 Å². The average molecular weight is 185 g/mol. The summed E-state index contributed by atoms with van der Waals surface area (Å²) < 4.78 is 11.7. The molecule has 3 N–H and O–H groups in total. The monoisotopic (exact) mass is 185 g/mol. The highest BCUT2D eigenvalue weighted by Gasteiger charge is 2.71. The SMILES string of the molecule is C[C@@H]1OC2CC1([C@H](N)O)OC21CC1. The van der Waals surface area contributed by atoms with Crippen molar-refractivity contribution in [2.24, 2.45) is 5.73 Å². The molecule has 0 amide bonds. The number of hydrogen-bond donors (Lipinski definition) is 2. The van der Waals surface area contributed by atoms with Crippen LogP contribution in [0.15, 0.2) is 0 Å². The van der Waals surface area contributed by atoms with Crippen molar-refractivity contribution in [3.63, 3.8) is 0 Å². The molecule has 1 saturated carbocycles. The van der Waals surface area contributed by atoms with E-state index < -0.39 is 11.8 Å². The minimum absolute atomic E-state index is 0.0765. The molecular weight excluding hydrogens is 170 g/mol. The summed E-state index contributed by atoms with van der Waals surface area (Å²) in [7, 11) is 0. The molecule has 2 heterocycles. The molecule has 3 aliphatic rings. The second-order valence-electron chi connectivity index (χ2n) is 4.54. The lowest BCUT2D eigenvalue weighted by atomic mass is 9.94. The largest absolute Gasteiger partial charge is 0.376 e. The maximum Gasteiger partial charge on any atom is 0.136 e. The van der Waals surface area contributed by atoms with E-state index in [1.165, 1.54) is 0 Å². The average Bonchev–Trinajstić information content (AvgIpc) is 2.61. The van der Waals surface area contributed by atoms with Gasteiger partial charge in [-0.25, -0.2) is 0 Å². The molecule has 2 saturated heterocycles. The molecule has 1 spiro atoms. The highest BCUT2D eigenvalue weighted by atomic mass is 16.6. The van der Waals surface area contributed by atoms with E-state index in [1.54, 1.807) is 0 Å². The first-order valence-corrected chi connectivity index (χ1v) is 4.88. The van der Waals surface area contributed by atoms with Gasteiger partial charge in [-0.1, -0.05) is 0 Å². The molecule has 0 aromatic rings. The first kappa shape index (κ1) is 8.17. The van der Waals surface area contributed by atoms with Crippen molar-refractivity contribution in [3.05, 3.63) is 0 Å². The normalized spacial score (nSPS) is 52.8. The van der Waals surface area contributed by atoms with Crippen molar-refractivity contribution >= 4 is 0 Å². The Hall–Kier alpha value is -0.160. The number of hydrogen-bond acceptors (Lipinski definition) is 4. The molecule has 0 aromatic heterocycles. The Balaban J connectivity index is 1.95. The number of aliphatic hydroxyl groups excluding tert-OH is 1. The van der Waals surface area contributed by atoms with Crippen LogP contribution in [0.25, 0.3) is 0 Å². The van der Waals surface area contributed by atoms with Crippen LogP contribution in [0, 0.1) is 0 Å². The Morgan fingerprint density at radius 1 is 1.54 bits per heavy atom. The highest BCUT2D eigenvalue weighted by molar-refractivity contribution is 5.19. The van der Waals surface area contributed by atoms with Gasteiger partial charge in [-0.2, -0.15) is 0 Å². The van der Waals surface area contributed by atoms with Crippen LogP contribution in [0.1, 0.15) is 26.2 Å². The van der Waals surface area contributed by atoms with Gasteiger partial charge in [-0.05, 0) is 19.8 Å². The van der Waals surface area contributed by atoms with Crippen molar-refractivity contribution < 1.29 is 14.6 Å². The standard InChI is InChI=1S/C9H15NO3/c1-5-9(7(10)11)4-6(12-5)8(13-9)2-3-8/h5-7,11H,2-4,10H2,1H3/t5-,6?,7+,9?/m0/s1. The fourth-order valence-electron chi connectivity index (χ4n) is 2.71. The van der Waals surface area contributed by atoms with Crippen molar-refractivity contribution in [2.45, 2.75) is 55.8 Å². The van der Waals surface area contributed by atoms with Crippen LogP contribution in [0.5, 0.6) is 0 Å². The summed E-state index contributed by atoms with van der Waals surface area (Å²) in [4.78, 5) is 0. The Kier molecular flexibility index (Phi) is 1.31. The van der Waals surface area contributed by atoms with E-state index in [9.17, 15) is 5.11 Å². The molecule has 0 aromatic carbocycles. The fraction of sp³-hybridized carbons (Fsp3) is 1.00. The van der Waals surface area contributed by atoms with Crippen molar-refractivity contribution in [1.29, 1.82) is 0 Å². The van der Waals surface area contributed by atoms with Gasteiger partial charge in [0.25, 0.3) is 0 Å². The summed E-state index contributed by atoms with van der Waals surface area (Å²) in [5.74, 6) is 0. The molecule has 3 rings (SSSR count). The molecule has 2 unspecified atom stereocenters. The third kappa shape index (κ3) is 0.801. The predicted octanol–water partition coefficient (Wildman–Crippen LogP) is -0.258. The summed E-state index contributed by atoms with van der Waals surface area (Å²) in [6.07, 6.45) is 2.03. The zero-order chi connectivity index (χ0) is 9.27. The Bertz CT molecular complexity index is 251. The molecule has 74 valence electrons. The molecule has 2 bridgehead atoms. The maximum atomic E-state index is 9.53. The Morgan fingerprint density at radius 2 is 2.23 bits per heavy atom. The van der Waals surface area contributed by atoms with Gasteiger partial charge in [0, 0.05) is 6.42 Å². The lowest BCUT2D eigenvalue weighted by Gasteiger charge is -2.37. The van der Waals surface area contributed by atoms with Crippen LogP contribution in [0.2, 0.25) is 0 Å². The van der Waals surface area contributed by atoms with Gasteiger partial charge in [-0.3, -0.25) is 0 Å². The molecule has 0 radical (unpaired) electrons. The number of fused-ring (bicyclic) bond motifs is 3. The van der Waals surface area contributed by atoms with Crippen LogP contribution in [-0.4, -0.2) is 34.7 Å². The predicted molar refractivity (Wildman–Crippen MR) is 44.9 cm³/mol. The molecular formula is C9H15NO3. The quantitative estimate of drug-likeness (QED) is 0.552. The molecule has 4 nitrogen and oxygen atoms in total. The first-order valence-electron chi connectivity index (χ1n) is 4.88. The van der Waals surface area contributed by atoms with Gasteiger partial charge in [-0.15, -0.1) is 0 Å². The van der Waals surface area contributed by atoms with E-state index in [1.807, 2.05) is 6.92 Å². The number of ether oxygens (including phenoxy) is 2. The van der Waals surface area contributed by atoms with E-state index in [4.69, 9.17) is 15.2 Å². The van der Waals surface area contributed by atoms with Gasteiger partial charge in [0.05, 0.1) is 17.8 Å². The molecule has 2 aliphatic heterocycles. The summed E-state index contributed by atoms with van der Waals surface area (Å²) in [5.41, 5.74) is 4.86. The zero-order valence-corrected chi connectivity index (χ0v) is 7.69. The van der Waals surface area contributed by atoms with E-state index in [-0.39, 0.29) is 17.8 Å². The third-order valence-electron chi connectivity index (χ3n) is 3.78. The smallest absolute Gasteiger partial charge is 0.136 e. The number of aliphatic hydroxyl groups is 1. The van der Waals surface area contributed by atoms with Gasteiger partial charge >= 0.3 is 0 Å². The molecule has 4 atom stereocenters. The fourth-order valence-corrected chi connectivity index (χ4v) is 2.71. The number of rotatable bonds is 1. The van der Waals surface area contributed by atoms with Crippen molar-refractivity contribution in [3.8, 4) is 0 Å². The van der Waals surface area contributed by atoms with E-state index in [0.29, 0.717) is 0 Å². The van der Waals surface area contributed by atoms with Crippen LogP contribution < -0.4 is 5.73 Å². The molecule has 3 fully saturated rings. The maximum absolute atomic E-state index is 9.53. The Labute approximate surface area is 77.0 Å². The number of nitrogens with two attached hydrogens (primary N) is 1. The van der Waals surface area contributed by atoms with E-state index in [0.717, 1.165) is 19.3 Å². The molecule has 1 aliphatic carbocycles. The molecule has 13 heavy (non-hydrogen) atoms. The Morgan fingerprint density at radius 3 is 2.69 bits per heavy atom. The van der Waals surface area contributed by atoms with Crippen molar-refractivity contribution in [2.75, 3.05) is 0 Å².